The van der Waals surface area contributed by atoms with Gasteiger partial charge < -0.3 is 25.8 Å². The maximum Gasteiger partial charge on any atom is 0.237 e. The molecule has 0 aromatic heterocycles. The van der Waals surface area contributed by atoms with Gasteiger partial charge in [-0.25, -0.2) is 0 Å². The normalized spacial score (nSPS) is 19.4. The third-order valence-electron chi connectivity index (χ3n) is 6.50. The Morgan fingerprint density at radius 1 is 1.06 bits per heavy atom. The first-order valence-corrected chi connectivity index (χ1v) is 11.5. The van der Waals surface area contributed by atoms with Crippen molar-refractivity contribution in [3.8, 4) is 17.2 Å². The van der Waals surface area contributed by atoms with Crippen molar-refractivity contribution in [1.82, 2.24) is 10.6 Å². The number of hydrogen-bond donors (Lipinski definition) is 4. The molecular weight excluding hydrogens is 414 g/mol. The molecule has 0 saturated carbocycles. The maximum absolute atomic E-state index is 13.3. The molecule has 4 N–H and O–H groups in total. The predicted octanol–water partition coefficient (Wildman–Crippen LogP) is 4.22. The predicted molar refractivity (Wildman–Crippen MR) is 129 cm³/mol. The van der Waals surface area contributed by atoms with Crippen molar-refractivity contribution >= 4 is 11.6 Å². The van der Waals surface area contributed by atoms with E-state index in [9.17, 15) is 9.90 Å². The minimum absolute atomic E-state index is 0.00237. The van der Waals surface area contributed by atoms with Crippen LogP contribution in [0.25, 0.3) is 0 Å². The largest absolute Gasteiger partial charge is 0.508 e. The zero-order valence-corrected chi connectivity index (χ0v) is 18.7. The van der Waals surface area contributed by atoms with Gasteiger partial charge in [0.1, 0.15) is 17.2 Å². The number of para-hydroxylation sites is 1. The number of benzene rings is 3. The van der Waals surface area contributed by atoms with Gasteiger partial charge in [0.15, 0.2) is 0 Å². The van der Waals surface area contributed by atoms with Gasteiger partial charge >= 0.3 is 0 Å². The highest BCUT2D eigenvalue weighted by molar-refractivity contribution is 5.83. The molecule has 170 valence electrons. The summed E-state index contributed by atoms with van der Waals surface area (Å²) in [6.07, 6.45) is 2.22. The third kappa shape index (κ3) is 4.66. The van der Waals surface area contributed by atoms with Gasteiger partial charge in [-0.15, -0.1) is 0 Å². The molecule has 0 aliphatic carbocycles. The van der Waals surface area contributed by atoms with Gasteiger partial charge in [-0.1, -0.05) is 18.2 Å². The van der Waals surface area contributed by atoms with Crippen LogP contribution in [-0.2, 0) is 17.6 Å². The first-order chi connectivity index (χ1) is 16.1. The van der Waals surface area contributed by atoms with E-state index < -0.39 is 0 Å². The van der Waals surface area contributed by atoms with E-state index in [0.29, 0.717) is 13.0 Å². The molecule has 2 aliphatic rings. The van der Waals surface area contributed by atoms with Crippen molar-refractivity contribution in [3.63, 3.8) is 0 Å². The average molecular weight is 444 g/mol. The monoisotopic (exact) mass is 443 g/mol. The van der Waals surface area contributed by atoms with Crippen molar-refractivity contribution in [2.45, 2.75) is 38.3 Å². The Morgan fingerprint density at radius 3 is 2.76 bits per heavy atom. The van der Waals surface area contributed by atoms with Gasteiger partial charge in [-0.05, 0) is 91.9 Å². The summed E-state index contributed by atoms with van der Waals surface area (Å²) in [5.41, 5.74) is 5.37. The molecule has 0 radical (unpaired) electrons. The molecular formula is C27H29N3O3. The summed E-state index contributed by atoms with van der Waals surface area (Å²) >= 11 is 0. The molecule has 6 heteroatoms. The standard InChI is InChI=1S/C27H29N3O3/c1-17-13-19(31)14-18-9-11-29-26(16-22(17)18)27(32)30-25-10-12-28-24-8-7-21(15-23(24)25)33-20-5-3-2-4-6-20/h2-8,13-15,25-26,28-29,31H,9-12,16H2,1H3,(H,30,32). The van der Waals surface area contributed by atoms with Gasteiger partial charge in [-0.2, -0.15) is 0 Å². The fraction of sp³-hybridized carbons (Fsp3) is 0.296. The summed E-state index contributed by atoms with van der Waals surface area (Å²) in [6, 6.07) is 18.9. The lowest BCUT2D eigenvalue weighted by atomic mass is 9.94. The van der Waals surface area contributed by atoms with E-state index in [2.05, 4.69) is 16.0 Å². The molecule has 2 aliphatic heterocycles. The third-order valence-corrected chi connectivity index (χ3v) is 6.50. The highest BCUT2D eigenvalue weighted by atomic mass is 16.5. The number of anilines is 1. The molecule has 33 heavy (non-hydrogen) atoms. The Balaban J connectivity index is 1.33. The van der Waals surface area contributed by atoms with Crippen LogP contribution in [0.15, 0.2) is 60.7 Å². The number of aryl methyl sites for hydroxylation is 1. The van der Waals surface area contributed by atoms with Crippen LogP contribution in [-0.4, -0.2) is 30.1 Å². The Hall–Kier alpha value is -3.51. The summed E-state index contributed by atoms with van der Waals surface area (Å²) in [5, 5.41) is 20.0. The van der Waals surface area contributed by atoms with Gasteiger partial charge in [0.05, 0.1) is 12.1 Å². The summed E-state index contributed by atoms with van der Waals surface area (Å²) in [7, 11) is 0. The van der Waals surface area contributed by atoms with E-state index in [-0.39, 0.29) is 23.7 Å². The van der Waals surface area contributed by atoms with Crippen LogP contribution in [0.4, 0.5) is 5.69 Å². The number of phenols is 1. The number of nitrogens with one attached hydrogen (secondary N) is 3. The smallest absolute Gasteiger partial charge is 0.237 e. The lowest BCUT2D eigenvalue weighted by Gasteiger charge is -2.29. The number of ether oxygens (including phenoxy) is 1. The van der Waals surface area contributed by atoms with Crippen molar-refractivity contribution in [2.75, 3.05) is 18.4 Å². The average Bonchev–Trinajstić information content (AvgIpc) is 3.03. The quantitative estimate of drug-likeness (QED) is 0.485. The van der Waals surface area contributed by atoms with Crippen LogP contribution >= 0.6 is 0 Å². The van der Waals surface area contributed by atoms with Crippen molar-refractivity contribution in [2.24, 2.45) is 0 Å². The topological polar surface area (TPSA) is 82.6 Å². The number of phenolic OH excluding ortho intramolecular Hbond substituents is 1. The van der Waals surface area contributed by atoms with Gasteiger partial charge in [0.25, 0.3) is 0 Å². The highest BCUT2D eigenvalue weighted by Gasteiger charge is 2.28. The van der Waals surface area contributed by atoms with Crippen LogP contribution in [0.3, 0.4) is 0 Å². The number of fused-ring (bicyclic) bond motifs is 2. The molecule has 2 unspecified atom stereocenters. The molecule has 3 aromatic carbocycles. The van der Waals surface area contributed by atoms with Crippen LogP contribution < -0.4 is 20.7 Å². The first-order valence-electron chi connectivity index (χ1n) is 11.5. The Bertz CT molecular complexity index is 1160. The lowest BCUT2D eigenvalue weighted by molar-refractivity contribution is -0.123. The Labute approximate surface area is 194 Å². The van der Waals surface area contributed by atoms with Gasteiger partial charge in [0.2, 0.25) is 5.91 Å². The number of hydrogen-bond acceptors (Lipinski definition) is 5. The molecule has 6 nitrogen and oxygen atoms in total. The summed E-state index contributed by atoms with van der Waals surface area (Å²) < 4.78 is 6.02. The molecule has 1 amide bonds. The highest BCUT2D eigenvalue weighted by Crippen LogP contribution is 2.34. The minimum Gasteiger partial charge on any atom is -0.508 e. The molecule has 0 bridgehead atoms. The van der Waals surface area contributed by atoms with Crippen molar-refractivity contribution in [3.05, 3.63) is 82.9 Å². The number of carbonyl (C=O) groups excluding carboxylic acids is 1. The van der Waals surface area contributed by atoms with E-state index in [0.717, 1.165) is 58.8 Å². The molecule has 2 heterocycles. The van der Waals surface area contributed by atoms with Crippen LogP contribution in [0.5, 0.6) is 17.2 Å². The summed E-state index contributed by atoms with van der Waals surface area (Å²) in [5.74, 6) is 1.82. The number of carbonyl (C=O) groups is 1. The number of aromatic hydroxyl groups is 1. The first kappa shape index (κ1) is 21.3. The number of rotatable bonds is 4. The Morgan fingerprint density at radius 2 is 1.91 bits per heavy atom. The molecule has 0 fully saturated rings. The molecule has 0 spiro atoms. The molecule has 5 rings (SSSR count). The van der Waals surface area contributed by atoms with Crippen molar-refractivity contribution in [1.29, 1.82) is 0 Å². The second-order valence-corrected chi connectivity index (χ2v) is 8.80. The fourth-order valence-electron chi connectivity index (χ4n) is 4.83. The summed E-state index contributed by atoms with van der Waals surface area (Å²) in [4.78, 5) is 13.3. The van der Waals surface area contributed by atoms with E-state index in [1.807, 2.05) is 61.5 Å². The maximum atomic E-state index is 13.3. The van der Waals surface area contributed by atoms with E-state index >= 15 is 0 Å². The van der Waals surface area contributed by atoms with Crippen LogP contribution in [0, 0.1) is 6.92 Å². The SMILES string of the molecule is Cc1cc(O)cc2c1CC(C(=O)NC1CCNc3ccc(Oc4ccccc4)cc31)NCC2. The van der Waals surface area contributed by atoms with E-state index in [1.54, 1.807) is 6.07 Å². The molecule has 0 saturated heterocycles. The van der Waals surface area contributed by atoms with Crippen LogP contribution in [0.2, 0.25) is 0 Å². The van der Waals surface area contributed by atoms with Gasteiger partial charge in [-0.3, -0.25) is 4.79 Å². The van der Waals surface area contributed by atoms with Gasteiger partial charge in [0, 0.05) is 17.8 Å². The zero-order valence-electron chi connectivity index (χ0n) is 18.7. The van der Waals surface area contributed by atoms with E-state index in [1.165, 1.54) is 0 Å². The summed E-state index contributed by atoms with van der Waals surface area (Å²) in [6.45, 7) is 3.50. The second kappa shape index (κ2) is 9.16. The minimum atomic E-state index is -0.309. The molecule has 3 aromatic rings. The lowest BCUT2D eigenvalue weighted by Crippen LogP contribution is -2.47. The zero-order chi connectivity index (χ0) is 22.8. The number of amides is 1. The van der Waals surface area contributed by atoms with Crippen molar-refractivity contribution < 1.29 is 14.6 Å². The van der Waals surface area contributed by atoms with E-state index in [4.69, 9.17) is 4.74 Å². The fourth-order valence-corrected chi connectivity index (χ4v) is 4.83. The Kier molecular flexibility index (Phi) is 5.92. The molecule has 2 atom stereocenters. The second-order valence-electron chi connectivity index (χ2n) is 8.80. The van der Waals surface area contributed by atoms with Crippen LogP contribution in [0.1, 0.15) is 34.7 Å².